The van der Waals surface area contributed by atoms with Gasteiger partial charge in [0.2, 0.25) is 5.78 Å². The molecule has 3 rings (SSSR count). The summed E-state index contributed by atoms with van der Waals surface area (Å²) in [6, 6.07) is 4.68. The van der Waals surface area contributed by atoms with Crippen molar-refractivity contribution in [1.29, 1.82) is 0 Å². The summed E-state index contributed by atoms with van der Waals surface area (Å²) in [6.45, 7) is 0.910. The van der Waals surface area contributed by atoms with Crippen LogP contribution >= 0.6 is 0 Å². The molecule has 0 spiro atoms. The second-order valence-electron chi connectivity index (χ2n) is 4.45. The molecule has 2 heterocycles. The van der Waals surface area contributed by atoms with Crippen molar-refractivity contribution in [3.05, 3.63) is 35.9 Å². The average Bonchev–Trinajstić information content (AvgIpc) is 2.85. The summed E-state index contributed by atoms with van der Waals surface area (Å²) in [6.07, 6.45) is 2.95. The normalized spacial score (nSPS) is 11.7. The van der Waals surface area contributed by atoms with Crippen molar-refractivity contribution in [2.24, 2.45) is 7.05 Å². The Hall–Kier alpha value is -1.88. The number of fused-ring (bicyclic) bond motifs is 3. The predicted molar refractivity (Wildman–Crippen MR) is 69.3 cm³/mol. The molecule has 2 aromatic heterocycles. The van der Waals surface area contributed by atoms with E-state index in [-0.39, 0.29) is 5.82 Å². The van der Waals surface area contributed by atoms with Crippen molar-refractivity contribution in [3.8, 4) is 0 Å². The maximum Gasteiger partial charge on any atom is 0.214 e. The SMILES string of the molecule is CNCCc1cn2c3cc(F)ccc3nc2n1C. The van der Waals surface area contributed by atoms with Crippen LogP contribution in [0.3, 0.4) is 0 Å². The van der Waals surface area contributed by atoms with Crippen LogP contribution in [0, 0.1) is 5.82 Å². The second kappa shape index (κ2) is 4.10. The van der Waals surface area contributed by atoms with Crippen LogP contribution in [-0.2, 0) is 13.5 Å². The first-order valence-electron chi connectivity index (χ1n) is 5.97. The maximum absolute atomic E-state index is 13.3. The number of aryl methyl sites for hydroxylation is 1. The van der Waals surface area contributed by atoms with E-state index in [0.29, 0.717) is 0 Å². The first kappa shape index (κ1) is 11.2. The Morgan fingerprint density at radius 1 is 1.39 bits per heavy atom. The molecule has 18 heavy (non-hydrogen) atoms. The fraction of sp³-hybridized carbons (Fsp3) is 0.308. The van der Waals surface area contributed by atoms with Gasteiger partial charge < -0.3 is 9.88 Å². The van der Waals surface area contributed by atoms with E-state index in [1.54, 1.807) is 6.07 Å². The largest absolute Gasteiger partial charge is 0.319 e. The smallest absolute Gasteiger partial charge is 0.214 e. The molecule has 1 aromatic carbocycles. The third-order valence-corrected chi connectivity index (χ3v) is 3.27. The minimum absolute atomic E-state index is 0.232. The van der Waals surface area contributed by atoms with Crippen molar-refractivity contribution in [3.63, 3.8) is 0 Å². The third-order valence-electron chi connectivity index (χ3n) is 3.27. The summed E-state index contributed by atoms with van der Waals surface area (Å²) >= 11 is 0. The fourth-order valence-corrected chi connectivity index (χ4v) is 2.27. The molecule has 5 heteroatoms. The lowest BCUT2D eigenvalue weighted by Gasteiger charge is -2.00. The molecule has 0 aliphatic carbocycles. The summed E-state index contributed by atoms with van der Waals surface area (Å²) in [5.41, 5.74) is 2.82. The van der Waals surface area contributed by atoms with Gasteiger partial charge in [0.25, 0.3) is 0 Å². The molecule has 0 unspecified atom stereocenters. The van der Waals surface area contributed by atoms with E-state index in [1.807, 2.05) is 24.7 Å². The molecule has 3 aromatic rings. The highest BCUT2D eigenvalue weighted by Gasteiger charge is 2.11. The Balaban J connectivity index is 2.21. The van der Waals surface area contributed by atoms with Crippen LogP contribution in [0.5, 0.6) is 0 Å². The topological polar surface area (TPSA) is 34.3 Å². The summed E-state index contributed by atoms with van der Waals surface area (Å²) in [5, 5.41) is 3.12. The molecule has 0 amide bonds. The van der Waals surface area contributed by atoms with Crippen LogP contribution in [0.2, 0.25) is 0 Å². The number of benzene rings is 1. The standard InChI is InChI=1S/C13H15FN4/c1-15-6-5-10-8-18-12-7-9(14)3-4-11(12)16-13(18)17(10)2/h3-4,7-8,15H,5-6H2,1-2H3. The first-order valence-corrected chi connectivity index (χ1v) is 5.97. The van der Waals surface area contributed by atoms with Gasteiger partial charge in [0.1, 0.15) is 5.82 Å². The lowest BCUT2D eigenvalue weighted by Crippen LogP contribution is -2.12. The van der Waals surface area contributed by atoms with Gasteiger partial charge in [-0.15, -0.1) is 0 Å². The van der Waals surface area contributed by atoms with E-state index in [9.17, 15) is 4.39 Å². The van der Waals surface area contributed by atoms with Crippen LogP contribution in [-0.4, -0.2) is 27.5 Å². The quantitative estimate of drug-likeness (QED) is 0.763. The molecule has 0 radical (unpaired) electrons. The number of rotatable bonds is 3. The molecule has 0 fully saturated rings. The Labute approximate surface area is 104 Å². The Bertz CT molecular complexity index is 710. The van der Waals surface area contributed by atoms with Crippen LogP contribution < -0.4 is 5.32 Å². The van der Waals surface area contributed by atoms with Crippen molar-refractivity contribution >= 4 is 16.8 Å². The summed E-state index contributed by atoms with van der Waals surface area (Å²) in [4.78, 5) is 4.52. The molecular weight excluding hydrogens is 231 g/mol. The van der Waals surface area contributed by atoms with Crippen LogP contribution in [0.25, 0.3) is 16.8 Å². The monoisotopic (exact) mass is 246 g/mol. The zero-order valence-corrected chi connectivity index (χ0v) is 10.4. The molecule has 4 nitrogen and oxygen atoms in total. The van der Waals surface area contributed by atoms with Crippen LogP contribution in [0.15, 0.2) is 24.4 Å². The summed E-state index contributed by atoms with van der Waals surface area (Å²) in [5.74, 6) is 0.617. The van der Waals surface area contributed by atoms with Crippen molar-refractivity contribution in [2.75, 3.05) is 13.6 Å². The zero-order chi connectivity index (χ0) is 12.7. The number of hydrogen-bond donors (Lipinski definition) is 1. The molecule has 94 valence electrons. The van der Waals surface area contributed by atoms with Gasteiger partial charge in [-0.3, -0.25) is 4.40 Å². The minimum Gasteiger partial charge on any atom is -0.319 e. The lowest BCUT2D eigenvalue weighted by molar-refractivity contribution is 0.629. The lowest BCUT2D eigenvalue weighted by atomic mass is 10.3. The number of nitrogens with one attached hydrogen (secondary N) is 1. The van der Waals surface area contributed by atoms with Crippen LogP contribution in [0.1, 0.15) is 5.69 Å². The average molecular weight is 246 g/mol. The predicted octanol–water partition coefficient (Wildman–Crippen LogP) is 1.73. The number of imidazole rings is 2. The van der Waals surface area contributed by atoms with Crippen molar-refractivity contribution in [2.45, 2.75) is 6.42 Å². The van der Waals surface area contributed by atoms with Gasteiger partial charge in [-0.2, -0.15) is 0 Å². The first-order chi connectivity index (χ1) is 8.70. The van der Waals surface area contributed by atoms with E-state index in [1.165, 1.54) is 17.8 Å². The summed E-state index contributed by atoms with van der Waals surface area (Å²) in [7, 11) is 3.92. The molecule has 0 saturated carbocycles. The molecule has 0 bridgehead atoms. The molecule has 0 aliphatic rings. The van der Waals surface area contributed by atoms with Gasteiger partial charge in [0, 0.05) is 38.0 Å². The minimum atomic E-state index is -0.232. The van der Waals surface area contributed by atoms with Gasteiger partial charge in [-0.1, -0.05) is 0 Å². The van der Waals surface area contributed by atoms with Gasteiger partial charge in [0.05, 0.1) is 11.0 Å². The van der Waals surface area contributed by atoms with Gasteiger partial charge in [-0.25, -0.2) is 9.37 Å². The second-order valence-corrected chi connectivity index (χ2v) is 4.45. The number of halogens is 1. The van der Waals surface area contributed by atoms with E-state index in [4.69, 9.17) is 0 Å². The highest BCUT2D eigenvalue weighted by Crippen LogP contribution is 2.19. The molecule has 0 aliphatic heterocycles. The van der Waals surface area contributed by atoms with Gasteiger partial charge in [0.15, 0.2) is 0 Å². The van der Waals surface area contributed by atoms with Crippen molar-refractivity contribution < 1.29 is 4.39 Å². The Morgan fingerprint density at radius 2 is 2.22 bits per heavy atom. The Morgan fingerprint density at radius 3 is 3.00 bits per heavy atom. The molecular formula is C13H15FN4. The molecule has 0 atom stereocenters. The molecule has 0 saturated heterocycles. The maximum atomic E-state index is 13.3. The third kappa shape index (κ3) is 1.59. The number of aromatic nitrogens is 3. The number of nitrogens with zero attached hydrogens (tertiary/aromatic N) is 3. The van der Waals surface area contributed by atoms with E-state index < -0.39 is 0 Å². The zero-order valence-electron chi connectivity index (χ0n) is 10.4. The van der Waals surface area contributed by atoms with E-state index in [2.05, 4.69) is 14.9 Å². The number of hydrogen-bond acceptors (Lipinski definition) is 2. The fourth-order valence-electron chi connectivity index (χ4n) is 2.27. The van der Waals surface area contributed by atoms with Crippen molar-refractivity contribution in [1.82, 2.24) is 19.3 Å². The van der Waals surface area contributed by atoms with Gasteiger partial charge in [-0.05, 0) is 19.2 Å². The Kier molecular flexibility index (Phi) is 2.56. The molecule has 1 N–H and O–H groups in total. The highest BCUT2D eigenvalue weighted by molar-refractivity contribution is 5.79. The summed E-state index contributed by atoms with van der Waals surface area (Å²) < 4.78 is 17.3. The highest BCUT2D eigenvalue weighted by atomic mass is 19.1. The van der Waals surface area contributed by atoms with Crippen LogP contribution in [0.4, 0.5) is 4.39 Å². The van der Waals surface area contributed by atoms with Gasteiger partial charge >= 0.3 is 0 Å². The number of likely N-dealkylation sites (N-methyl/N-ethyl adjacent to an activating group) is 1. The van der Waals surface area contributed by atoms with E-state index >= 15 is 0 Å². The van der Waals surface area contributed by atoms with E-state index in [0.717, 1.165) is 29.8 Å².